The molecule has 3 aromatic rings. The Morgan fingerprint density at radius 1 is 1.11 bits per heavy atom. The number of aryl methyl sites for hydroxylation is 1. The van der Waals surface area contributed by atoms with E-state index in [2.05, 4.69) is 25.6 Å². The van der Waals surface area contributed by atoms with Gasteiger partial charge in [0, 0.05) is 30.4 Å². The molecule has 1 aliphatic carbocycles. The minimum Gasteiger partial charge on any atom is -0.495 e. The largest absolute Gasteiger partial charge is 0.495 e. The Kier molecular flexibility index (Phi) is 7.41. The number of nitrogens with zero attached hydrogens (tertiary/aromatic N) is 4. The van der Waals surface area contributed by atoms with Gasteiger partial charge in [-0.25, -0.2) is 4.98 Å². The van der Waals surface area contributed by atoms with E-state index in [-0.39, 0.29) is 30.3 Å². The quantitative estimate of drug-likeness (QED) is 0.389. The highest BCUT2D eigenvalue weighted by Gasteiger charge is 2.28. The Morgan fingerprint density at radius 3 is 2.37 bits per heavy atom. The van der Waals surface area contributed by atoms with Crippen LogP contribution in [-0.2, 0) is 6.54 Å². The van der Waals surface area contributed by atoms with Crippen LogP contribution in [0.1, 0.15) is 32.1 Å². The Bertz CT molecular complexity index is 1160. The molecule has 9 nitrogen and oxygen atoms in total. The second kappa shape index (κ2) is 10.3. The van der Waals surface area contributed by atoms with Gasteiger partial charge in [-0.1, -0.05) is 11.6 Å². The molecule has 0 atom stereocenters. The number of aliphatic hydroxyl groups excluding tert-OH is 1. The number of halogens is 4. The van der Waals surface area contributed by atoms with Crippen molar-refractivity contribution in [3.8, 4) is 11.5 Å². The molecule has 0 bridgehead atoms. The monoisotopic (exact) mass is 514 g/mol. The van der Waals surface area contributed by atoms with Crippen molar-refractivity contribution in [3.63, 3.8) is 0 Å². The fraction of sp³-hybridized carbons (Fsp3) is 0.500. The summed E-state index contributed by atoms with van der Waals surface area (Å²) in [7, 11) is 2.94. The summed E-state index contributed by atoms with van der Waals surface area (Å²) in [5.41, 5.74) is 1.10. The molecular formula is C22H26ClF3N6O3. The Balaban J connectivity index is 1.71. The van der Waals surface area contributed by atoms with Gasteiger partial charge in [-0.3, -0.25) is 0 Å². The van der Waals surface area contributed by atoms with Gasteiger partial charge in [0.15, 0.2) is 17.0 Å². The van der Waals surface area contributed by atoms with E-state index in [0.29, 0.717) is 46.4 Å². The molecule has 0 aliphatic heterocycles. The number of imidazole rings is 1. The number of rotatable bonds is 8. The molecule has 1 fully saturated rings. The summed E-state index contributed by atoms with van der Waals surface area (Å²) in [4.78, 5) is 13.3. The predicted molar refractivity (Wildman–Crippen MR) is 126 cm³/mol. The average Bonchev–Trinajstić information content (AvgIpc) is 3.23. The van der Waals surface area contributed by atoms with Gasteiger partial charge in [0.05, 0.1) is 33.1 Å². The van der Waals surface area contributed by atoms with Crippen LogP contribution in [0.4, 0.5) is 30.6 Å². The summed E-state index contributed by atoms with van der Waals surface area (Å²) >= 11 is 6.26. The van der Waals surface area contributed by atoms with E-state index in [9.17, 15) is 18.3 Å². The van der Waals surface area contributed by atoms with Crippen molar-refractivity contribution in [2.24, 2.45) is 0 Å². The summed E-state index contributed by atoms with van der Waals surface area (Å²) in [6.07, 6.45) is -1.58. The van der Waals surface area contributed by atoms with E-state index < -0.39 is 12.6 Å². The fourth-order valence-corrected chi connectivity index (χ4v) is 4.25. The summed E-state index contributed by atoms with van der Waals surface area (Å²) in [6, 6.07) is 3.33. The lowest BCUT2D eigenvalue weighted by Gasteiger charge is -2.26. The van der Waals surface area contributed by atoms with Crippen LogP contribution < -0.4 is 20.1 Å². The SMILES string of the molecule is COc1cc(Nc2nc(NC3CCC(O)CC3)nc3c2ncn3CCC(F)(F)F)cc(OC)c1Cl. The number of aromatic nitrogens is 4. The number of methoxy groups -OCH3 is 2. The van der Waals surface area contributed by atoms with Gasteiger partial charge in [-0.15, -0.1) is 0 Å². The zero-order valence-electron chi connectivity index (χ0n) is 19.2. The molecule has 1 aliphatic rings. The maximum Gasteiger partial charge on any atom is 0.390 e. The van der Waals surface area contributed by atoms with Crippen LogP contribution in [0.3, 0.4) is 0 Å². The molecule has 4 rings (SSSR count). The van der Waals surface area contributed by atoms with Gasteiger partial charge >= 0.3 is 6.18 Å². The van der Waals surface area contributed by atoms with Crippen LogP contribution in [0.5, 0.6) is 11.5 Å². The predicted octanol–water partition coefficient (Wildman–Crippen LogP) is 4.91. The number of ether oxygens (including phenoxy) is 2. The van der Waals surface area contributed by atoms with Crippen molar-refractivity contribution >= 4 is 40.2 Å². The van der Waals surface area contributed by atoms with Gasteiger partial charge in [-0.05, 0) is 25.7 Å². The second-order valence-corrected chi connectivity index (χ2v) is 8.72. The summed E-state index contributed by atoms with van der Waals surface area (Å²) in [5, 5.41) is 16.5. The smallest absolute Gasteiger partial charge is 0.390 e. The molecule has 35 heavy (non-hydrogen) atoms. The van der Waals surface area contributed by atoms with Gasteiger partial charge < -0.3 is 29.8 Å². The standard InChI is InChI=1S/C22H26ClF3N6O3/c1-34-15-9-13(10-16(35-2)17(15)23)28-19-18-20(32(11-27-18)8-7-22(24,25)26)31-21(30-19)29-12-3-5-14(33)6-4-12/h9-12,14,33H,3-8H2,1-2H3,(H2,28,29,30,31). The lowest BCUT2D eigenvalue weighted by Crippen LogP contribution is -2.29. The van der Waals surface area contributed by atoms with E-state index >= 15 is 0 Å². The van der Waals surface area contributed by atoms with Gasteiger partial charge in [0.25, 0.3) is 0 Å². The average molecular weight is 515 g/mol. The van der Waals surface area contributed by atoms with Gasteiger partial charge in [0.2, 0.25) is 5.95 Å². The minimum atomic E-state index is -4.31. The number of hydrogen-bond acceptors (Lipinski definition) is 8. The molecule has 2 aromatic heterocycles. The third-order valence-electron chi connectivity index (χ3n) is 5.84. The van der Waals surface area contributed by atoms with Gasteiger partial charge in [0.1, 0.15) is 16.5 Å². The Labute approximate surface area is 204 Å². The highest BCUT2D eigenvalue weighted by molar-refractivity contribution is 6.33. The lowest BCUT2D eigenvalue weighted by molar-refractivity contribution is -0.136. The molecule has 190 valence electrons. The molecule has 0 spiro atoms. The summed E-state index contributed by atoms with van der Waals surface area (Å²) in [5.74, 6) is 1.29. The molecule has 0 saturated heterocycles. The van der Waals surface area contributed by atoms with E-state index in [1.807, 2.05) is 0 Å². The first kappa shape index (κ1) is 25.1. The fourth-order valence-electron chi connectivity index (χ4n) is 3.99. The Hall–Kier alpha value is -2.99. The lowest BCUT2D eigenvalue weighted by atomic mass is 9.93. The third kappa shape index (κ3) is 5.99. The van der Waals surface area contributed by atoms with Crippen LogP contribution in [-0.4, -0.2) is 57.2 Å². The molecule has 13 heteroatoms. The maximum atomic E-state index is 12.9. The van der Waals surface area contributed by atoms with E-state index in [1.54, 1.807) is 12.1 Å². The first-order valence-corrected chi connectivity index (χ1v) is 11.5. The van der Waals surface area contributed by atoms with Crippen molar-refractivity contribution in [2.75, 3.05) is 24.9 Å². The van der Waals surface area contributed by atoms with Crippen molar-refractivity contribution < 1.29 is 27.8 Å². The van der Waals surface area contributed by atoms with Crippen LogP contribution in [0.15, 0.2) is 18.5 Å². The summed E-state index contributed by atoms with van der Waals surface area (Å²) in [6.45, 7) is -0.325. The number of alkyl halides is 3. The number of nitrogens with one attached hydrogen (secondary N) is 2. The molecule has 1 saturated carbocycles. The minimum absolute atomic E-state index is 0.0333. The Morgan fingerprint density at radius 2 is 1.77 bits per heavy atom. The molecule has 1 aromatic carbocycles. The molecule has 0 amide bonds. The summed E-state index contributed by atoms with van der Waals surface area (Å²) < 4.78 is 50.6. The molecular weight excluding hydrogens is 489 g/mol. The topological polar surface area (TPSA) is 106 Å². The second-order valence-electron chi connectivity index (χ2n) is 8.34. The number of fused-ring (bicyclic) bond motifs is 1. The first-order chi connectivity index (χ1) is 16.7. The van der Waals surface area contributed by atoms with Crippen LogP contribution >= 0.6 is 11.6 Å². The first-order valence-electron chi connectivity index (χ1n) is 11.1. The van der Waals surface area contributed by atoms with Crippen molar-refractivity contribution in [2.45, 2.75) is 57.0 Å². The van der Waals surface area contributed by atoms with Crippen LogP contribution in [0, 0.1) is 0 Å². The van der Waals surface area contributed by atoms with Crippen molar-refractivity contribution in [3.05, 3.63) is 23.5 Å². The number of anilines is 3. The van der Waals surface area contributed by atoms with Crippen LogP contribution in [0.25, 0.3) is 11.2 Å². The molecule has 2 heterocycles. The van der Waals surface area contributed by atoms with Gasteiger partial charge in [-0.2, -0.15) is 23.1 Å². The van der Waals surface area contributed by atoms with E-state index in [1.165, 1.54) is 25.1 Å². The van der Waals surface area contributed by atoms with Crippen molar-refractivity contribution in [1.29, 1.82) is 0 Å². The number of hydrogen-bond donors (Lipinski definition) is 3. The third-order valence-corrected chi connectivity index (χ3v) is 6.21. The molecule has 0 radical (unpaired) electrons. The highest BCUT2D eigenvalue weighted by atomic mass is 35.5. The van der Waals surface area contributed by atoms with Crippen molar-refractivity contribution in [1.82, 2.24) is 19.5 Å². The molecule has 3 N–H and O–H groups in total. The zero-order valence-corrected chi connectivity index (χ0v) is 19.9. The highest BCUT2D eigenvalue weighted by Crippen LogP contribution is 2.38. The normalized spacial score (nSPS) is 18.5. The van der Waals surface area contributed by atoms with Crippen LogP contribution in [0.2, 0.25) is 5.02 Å². The zero-order chi connectivity index (χ0) is 25.2. The maximum absolute atomic E-state index is 12.9. The van der Waals surface area contributed by atoms with E-state index in [0.717, 1.165) is 12.8 Å². The van der Waals surface area contributed by atoms with E-state index in [4.69, 9.17) is 21.1 Å². The number of aliphatic hydroxyl groups is 1. The number of benzene rings is 1. The molecule has 0 unspecified atom stereocenters.